The van der Waals surface area contributed by atoms with Crippen LogP contribution in [0.4, 0.5) is 4.39 Å². The number of nitrogens with zero attached hydrogens (tertiary/aromatic N) is 2. The van der Waals surface area contributed by atoms with Crippen molar-refractivity contribution in [1.29, 1.82) is 0 Å². The average Bonchev–Trinajstić information content (AvgIpc) is 2.42. The average molecular weight is 287 g/mol. The van der Waals surface area contributed by atoms with Crippen LogP contribution in [-0.4, -0.2) is 60.1 Å². The topological polar surface area (TPSA) is 43.8 Å². The van der Waals surface area contributed by atoms with E-state index in [1.807, 2.05) is 0 Å². The molecule has 2 rings (SSSR count). The first-order valence-electron chi connectivity index (χ1n) is 6.20. The molecule has 19 heavy (non-hydrogen) atoms. The summed E-state index contributed by atoms with van der Waals surface area (Å²) in [6.45, 7) is 3.16. The molecule has 1 saturated heterocycles. The summed E-state index contributed by atoms with van der Waals surface area (Å²) in [5.41, 5.74) is 0.0168. The van der Waals surface area contributed by atoms with Crippen molar-refractivity contribution in [2.75, 3.05) is 39.3 Å². The Morgan fingerprint density at radius 2 is 2.00 bits per heavy atom. The molecule has 1 fully saturated rings. The van der Waals surface area contributed by atoms with Gasteiger partial charge in [-0.05, 0) is 12.1 Å². The van der Waals surface area contributed by atoms with Crippen LogP contribution in [0, 0.1) is 5.82 Å². The Kier molecular flexibility index (Phi) is 4.74. The molecule has 0 unspecified atom stereocenters. The molecule has 104 valence electrons. The molecule has 0 radical (unpaired) electrons. The van der Waals surface area contributed by atoms with Crippen LogP contribution in [0.1, 0.15) is 10.4 Å². The number of aliphatic hydroxyl groups excluding tert-OH is 1. The van der Waals surface area contributed by atoms with E-state index in [9.17, 15) is 9.18 Å². The van der Waals surface area contributed by atoms with Crippen molar-refractivity contribution >= 4 is 17.5 Å². The lowest BCUT2D eigenvalue weighted by atomic mass is 10.1. The predicted molar refractivity (Wildman–Crippen MR) is 70.8 cm³/mol. The van der Waals surface area contributed by atoms with Gasteiger partial charge < -0.3 is 10.0 Å². The fourth-order valence-electron chi connectivity index (χ4n) is 2.16. The standard InChI is InChI=1S/C13H16ClFN2O2/c14-11-3-1-2-10(12(11)15)13(19)17-6-4-16(5-7-17)8-9-18/h1-3,18H,4-9H2. The molecule has 0 aromatic heterocycles. The van der Waals surface area contributed by atoms with Gasteiger partial charge in [-0.25, -0.2) is 4.39 Å². The molecule has 1 amide bonds. The van der Waals surface area contributed by atoms with Gasteiger partial charge in [-0.15, -0.1) is 0 Å². The molecular formula is C13H16ClFN2O2. The molecular weight excluding hydrogens is 271 g/mol. The Bertz CT molecular complexity index is 462. The van der Waals surface area contributed by atoms with E-state index in [1.165, 1.54) is 12.1 Å². The van der Waals surface area contributed by atoms with Crippen molar-refractivity contribution in [2.45, 2.75) is 0 Å². The Morgan fingerprint density at radius 1 is 1.32 bits per heavy atom. The van der Waals surface area contributed by atoms with Crippen molar-refractivity contribution in [3.05, 3.63) is 34.6 Å². The lowest BCUT2D eigenvalue weighted by Crippen LogP contribution is -2.49. The van der Waals surface area contributed by atoms with Crippen molar-refractivity contribution in [1.82, 2.24) is 9.80 Å². The van der Waals surface area contributed by atoms with Crippen LogP contribution in [0.2, 0.25) is 5.02 Å². The maximum Gasteiger partial charge on any atom is 0.256 e. The minimum atomic E-state index is -0.660. The monoisotopic (exact) mass is 286 g/mol. The summed E-state index contributed by atoms with van der Waals surface area (Å²) < 4.78 is 13.8. The molecule has 0 aliphatic carbocycles. The lowest BCUT2D eigenvalue weighted by Gasteiger charge is -2.34. The third kappa shape index (κ3) is 3.23. The molecule has 4 nitrogen and oxygen atoms in total. The van der Waals surface area contributed by atoms with E-state index in [2.05, 4.69) is 4.90 Å². The van der Waals surface area contributed by atoms with Gasteiger partial charge in [0.1, 0.15) is 0 Å². The first kappa shape index (κ1) is 14.2. The number of β-amino-alcohol motifs (C(OH)–C–C–N with tert-alkyl or cyclic N) is 1. The summed E-state index contributed by atoms with van der Waals surface area (Å²) in [6, 6.07) is 4.44. The maximum atomic E-state index is 13.8. The second kappa shape index (κ2) is 6.32. The number of carbonyl (C=O) groups is 1. The Balaban J connectivity index is 2.03. The number of halogens is 2. The van der Waals surface area contributed by atoms with Gasteiger partial charge in [0.25, 0.3) is 5.91 Å². The van der Waals surface area contributed by atoms with Crippen LogP contribution in [-0.2, 0) is 0 Å². The molecule has 0 saturated carbocycles. The number of benzene rings is 1. The van der Waals surface area contributed by atoms with E-state index in [0.29, 0.717) is 32.7 Å². The number of amides is 1. The molecule has 1 aromatic rings. The van der Waals surface area contributed by atoms with Gasteiger partial charge in [0.15, 0.2) is 5.82 Å². The highest BCUT2D eigenvalue weighted by molar-refractivity contribution is 6.31. The van der Waals surface area contributed by atoms with Crippen LogP contribution in [0.15, 0.2) is 18.2 Å². The molecule has 0 spiro atoms. The molecule has 0 bridgehead atoms. The van der Waals surface area contributed by atoms with E-state index in [0.717, 1.165) is 0 Å². The number of rotatable bonds is 3. The van der Waals surface area contributed by atoms with Crippen LogP contribution in [0.25, 0.3) is 0 Å². The number of carbonyl (C=O) groups excluding carboxylic acids is 1. The van der Waals surface area contributed by atoms with E-state index in [-0.39, 0.29) is 23.1 Å². The van der Waals surface area contributed by atoms with Crippen LogP contribution < -0.4 is 0 Å². The van der Waals surface area contributed by atoms with Crippen molar-refractivity contribution < 1.29 is 14.3 Å². The summed E-state index contributed by atoms with van der Waals surface area (Å²) in [5.74, 6) is -0.990. The van der Waals surface area contributed by atoms with Gasteiger partial charge in [-0.2, -0.15) is 0 Å². The minimum absolute atomic E-state index is 0.0168. The molecule has 1 aliphatic rings. The molecule has 1 heterocycles. The normalized spacial score (nSPS) is 16.7. The van der Waals surface area contributed by atoms with Crippen LogP contribution >= 0.6 is 11.6 Å². The van der Waals surface area contributed by atoms with Crippen molar-refractivity contribution in [2.24, 2.45) is 0 Å². The SMILES string of the molecule is O=C(c1cccc(Cl)c1F)N1CCN(CCO)CC1. The first-order valence-corrected chi connectivity index (χ1v) is 6.58. The van der Waals surface area contributed by atoms with E-state index >= 15 is 0 Å². The van der Waals surface area contributed by atoms with Crippen molar-refractivity contribution in [3.8, 4) is 0 Å². The third-order valence-electron chi connectivity index (χ3n) is 3.26. The van der Waals surface area contributed by atoms with Gasteiger partial charge in [0, 0.05) is 32.7 Å². The first-order chi connectivity index (χ1) is 9.13. The summed E-state index contributed by atoms with van der Waals surface area (Å²) in [5, 5.41) is 8.81. The molecule has 1 N–H and O–H groups in total. The Labute approximate surface area is 116 Å². The van der Waals surface area contributed by atoms with Gasteiger partial charge in [-0.1, -0.05) is 17.7 Å². The molecule has 6 heteroatoms. The quantitative estimate of drug-likeness (QED) is 0.909. The summed E-state index contributed by atoms with van der Waals surface area (Å²) in [7, 11) is 0. The predicted octanol–water partition coefficient (Wildman–Crippen LogP) is 1.23. The summed E-state index contributed by atoms with van der Waals surface area (Å²) in [4.78, 5) is 15.9. The van der Waals surface area contributed by atoms with Crippen LogP contribution in [0.3, 0.4) is 0 Å². The zero-order chi connectivity index (χ0) is 13.8. The summed E-state index contributed by atoms with van der Waals surface area (Å²) >= 11 is 5.68. The zero-order valence-electron chi connectivity index (χ0n) is 10.5. The summed E-state index contributed by atoms with van der Waals surface area (Å²) in [6.07, 6.45) is 0. The number of aliphatic hydroxyl groups is 1. The smallest absolute Gasteiger partial charge is 0.256 e. The Hall–Kier alpha value is -1.17. The fourth-order valence-corrected chi connectivity index (χ4v) is 2.33. The van der Waals surface area contributed by atoms with E-state index in [4.69, 9.17) is 16.7 Å². The van der Waals surface area contributed by atoms with Crippen LogP contribution in [0.5, 0.6) is 0 Å². The van der Waals surface area contributed by atoms with Gasteiger partial charge in [0.2, 0.25) is 0 Å². The minimum Gasteiger partial charge on any atom is -0.395 e. The second-order valence-corrected chi connectivity index (χ2v) is 4.87. The number of hydrogen-bond acceptors (Lipinski definition) is 3. The lowest BCUT2D eigenvalue weighted by molar-refractivity contribution is 0.0610. The van der Waals surface area contributed by atoms with Gasteiger partial charge in [0.05, 0.1) is 17.2 Å². The highest BCUT2D eigenvalue weighted by Gasteiger charge is 2.24. The maximum absolute atomic E-state index is 13.8. The number of piperazine rings is 1. The number of hydrogen-bond donors (Lipinski definition) is 1. The molecule has 0 atom stereocenters. The fraction of sp³-hybridized carbons (Fsp3) is 0.462. The largest absolute Gasteiger partial charge is 0.395 e. The zero-order valence-corrected chi connectivity index (χ0v) is 11.2. The third-order valence-corrected chi connectivity index (χ3v) is 3.55. The molecule has 1 aromatic carbocycles. The van der Waals surface area contributed by atoms with E-state index < -0.39 is 5.82 Å². The van der Waals surface area contributed by atoms with Gasteiger partial charge >= 0.3 is 0 Å². The Morgan fingerprint density at radius 3 is 2.63 bits per heavy atom. The highest BCUT2D eigenvalue weighted by atomic mass is 35.5. The molecule has 1 aliphatic heterocycles. The van der Waals surface area contributed by atoms with E-state index in [1.54, 1.807) is 11.0 Å². The van der Waals surface area contributed by atoms with Gasteiger partial charge in [-0.3, -0.25) is 9.69 Å². The second-order valence-electron chi connectivity index (χ2n) is 4.46. The highest BCUT2D eigenvalue weighted by Crippen LogP contribution is 2.19. The van der Waals surface area contributed by atoms with Crippen molar-refractivity contribution in [3.63, 3.8) is 0 Å².